The summed E-state index contributed by atoms with van der Waals surface area (Å²) in [5.74, 6) is -0.0771. The maximum absolute atomic E-state index is 11.7. The Labute approximate surface area is 103 Å². The smallest absolute Gasteiger partial charge is 0.189 e. The molecule has 0 radical (unpaired) electrons. The van der Waals surface area contributed by atoms with Crippen LogP contribution in [0, 0.1) is 0 Å². The predicted molar refractivity (Wildman–Crippen MR) is 70.3 cm³/mol. The Kier molecular flexibility index (Phi) is 6.08. The summed E-state index contributed by atoms with van der Waals surface area (Å²) in [5.41, 5.74) is 0.373. The molecule has 1 N–H and O–H groups in total. The number of unbranched alkanes of at least 4 members (excludes halogenated alkanes) is 4. The summed E-state index contributed by atoms with van der Waals surface area (Å²) >= 11 is 0. The zero-order valence-electron chi connectivity index (χ0n) is 10.4. The van der Waals surface area contributed by atoms with Gasteiger partial charge in [-0.15, -0.1) is 0 Å². The largest absolute Gasteiger partial charge is 0.507 e. The highest BCUT2D eigenvalue weighted by Crippen LogP contribution is 2.16. The third-order valence-corrected chi connectivity index (χ3v) is 2.66. The van der Waals surface area contributed by atoms with Gasteiger partial charge in [0.2, 0.25) is 0 Å². The summed E-state index contributed by atoms with van der Waals surface area (Å²) < 4.78 is 0. The lowest BCUT2D eigenvalue weighted by Gasteiger charge is -1.99. The van der Waals surface area contributed by atoms with Gasteiger partial charge in [0.05, 0.1) is 5.56 Å². The Morgan fingerprint density at radius 1 is 1.24 bits per heavy atom. The summed E-state index contributed by atoms with van der Waals surface area (Å²) in [6.07, 6.45) is 9.19. The Bertz CT molecular complexity index is 380. The van der Waals surface area contributed by atoms with Gasteiger partial charge in [-0.1, -0.05) is 44.4 Å². The van der Waals surface area contributed by atoms with Gasteiger partial charge in [0.15, 0.2) is 5.78 Å². The fraction of sp³-hybridized carbons (Fsp3) is 0.400. The van der Waals surface area contributed by atoms with E-state index in [1.165, 1.54) is 25.3 Å². The molecule has 1 aromatic rings. The third kappa shape index (κ3) is 4.85. The van der Waals surface area contributed by atoms with Crippen LogP contribution in [0.3, 0.4) is 0 Å². The van der Waals surface area contributed by atoms with E-state index in [1.54, 1.807) is 24.3 Å². The van der Waals surface area contributed by atoms with E-state index in [4.69, 9.17) is 0 Å². The van der Waals surface area contributed by atoms with Gasteiger partial charge in [-0.3, -0.25) is 4.79 Å². The molecule has 2 nitrogen and oxygen atoms in total. The molecular formula is C15H20O2. The Morgan fingerprint density at radius 2 is 2.00 bits per heavy atom. The summed E-state index contributed by atoms with van der Waals surface area (Å²) in [4.78, 5) is 11.7. The molecule has 0 fully saturated rings. The lowest BCUT2D eigenvalue weighted by atomic mass is 10.1. The summed E-state index contributed by atoms with van der Waals surface area (Å²) in [6, 6.07) is 6.63. The summed E-state index contributed by atoms with van der Waals surface area (Å²) in [6.45, 7) is 2.18. The second kappa shape index (κ2) is 7.66. The van der Waals surface area contributed by atoms with Crippen molar-refractivity contribution in [3.63, 3.8) is 0 Å². The molecule has 0 heterocycles. The Balaban J connectivity index is 2.39. The van der Waals surface area contributed by atoms with E-state index in [1.807, 2.05) is 6.08 Å². The van der Waals surface area contributed by atoms with Gasteiger partial charge in [-0.25, -0.2) is 0 Å². The van der Waals surface area contributed by atoms with Crippen molar-refractivity contribution in [3.8, 4) is 5.75 Å². The average Bonchev–Trinajstić information content (AvgIpc) is 2.34. The van der Waals surface area contributed by atoms with Crippen LogP contribution in [0.2, 0.25) is 0 Å². The zero-order valence-corrected chi connectivity index (χ0v) is 10.4. The molecule has 17 heavy (non-hydrogen) atoms. The van der Waals surface area contributed by atoms with Gasteiger partial charge in [0, 0.05) is 0 Å². The first kappa shape index (κ1) is 13.5. The minimum absolute atomic E-state index is 0.0492. The fourth-order valence-corrected chi connectivity index (χ4v) is 1.65. The van der Waals surface area contributed by atoms with Gasteiger partial charge < -0.3 is 5.11 Å². The number of ketones is 1. The molecule has 0 atom stereocenters. The number of benzene rings is 1. The fourth-order valence-electron chi connectivity index (χ4n) is 1.65. The highest BCUT2D eigenvalue weighted by molar-refractivity contribution is 6.06. The van der Waals surface area contributed by atoms with Crippen LogP contribution in [-0.4, -0.2) is 10.9 Å². The molecule has 0 aliphatic carbocycles. The van der Waals surface area contributed by atoms with Crippen LogP contribution in [0.1, 0.15) is 49.4 Å². The first-order valence-electron chi connectivity index (χ1n) is 6.24. The number of aromatic hydroxyl groups is 1. The van der Waals surface area contributed by atoms with E-state index in [0.29, 0.717) is 5.56 Å². The molecule has 0 unspecified atom stereocenters. The van der Waals surface area contributed by atoms with Crippen LogP contribution in [0.25, 0.3) is 0 Å². The predicted octanol–water partition coefficient (Wildman–Crippen LogP) is 4.10. The number of carbonyl (C=O) groups excluding carboxylic acids is 1. The molecule has 0 amide bonds. The summed E-state index contributed by atoms with van der Waals surface area (Å²) in [5, 5.41) is 9.50. The Morgan fingerprint density at radius 3 is 2.71 bits per heavy atom. The molecule has 2 heteroatoms. The molecule has 92 valence electrons. The normalized spacial score (nSPS) is 10.9. The van der Waals surface area contributed by atoms with Crippen molar-refractivity contribution < 1.29 is 9.90 Å². The maximum atomic E-state index is 11.7. The molecule has 0 spiro atoms. The highest BCUT2D eigenvalue weighted by atomic mass is 16.3. The minimum atomic E-state index is -0.126. The number of allylic oxidation sites excluding steroid dienone is 2. The van der Waals surface area contributed by atoms with E-state index < -0.39 is 0 Å². The molecule has 0 saturated carbocycles. The molecule has 0 aliphatic heterocycles. The number of phenols is 1. The SMILES string of the molecule is CCCCCC/C=C/C(=O)c1ccccc1O. The monoisotopic (exact) mass is 232 g/mol. The quantitative estimate of drug-likeness (QED) is 0.436. The van der Waals surface area contributed by atoms with Crippen molar-refractivity contribution in [2.45, 2.75) is 39.0 Å². The standard InChI is InChI=1S/C15H20O2/c1-2-3-4-5-6-7-11-14(16)13-10-8-9-12-15(13)17/h7-12,17H,2-6H2,1H3/b11-7+. The molecule has 1 aromatic carbocycles. The van der Waals surface area contributed by atoms with E-state index in [-0.39, 0.29) is 11.5 Å². The highest BCUT2D eigenvalue weighted by Gasteiger charge is 2.05. The number of phenolic OH excluding ortho intramolecular Hbond substituents is 1. The van der Waals surface area contributed by atoms with Crippen molar-refractivity contribution in [3.05, 3.63) is 42.0 Å². The number of rotatable bonds is 7. The van der Waals surface area contributed by atoms with E-state index in [9.17, 15) is 9.90 Å². The van der Waals surface area contributed by atoms with E-state index in [2.05, 4.69) is 6.92 Å². The van der Waals surface area contributed by atoms with Crippen molar-refractivity contribution in [1.29, 1.82) is 0 Å². The molecular weight excluding hydrogens is 212 g/mol. The summed E-state index contributed by atoms with van der Waals surface area (Å²) in [7, 11) is 0. The van der Waals surface area contributed by atoms with Crippen molar-refractivity contribution in [1.82, 2.24) is 0 Å². The number of hydrogen-bond donors (Lipinski definition) is 1. The van der Waals surface area contributed by atoms with Crippen molar-refractivity contribution in [2.24, 2.45) is 0 Å². The average molecular weight is 232 g/mol. The van der Waals surface area contributed by atoms with Gasteiger partial charge >= 0.3 is 0 Å². The van der Waals surface area contributed by atoms with Crippen molar-refractivity contribution >= 4 is 5.78 Å². The van der Waals surface area contributed by atoms with Crippen LogP contribution < -0.4 is 0 Å². The van der Waals surface area contributed by atoms with Gasteiger partial charge in [-0.2, -0.15) is 0 Å². The second-order valence-electron chi connectivity index (χ2n) is 4.13. The maximum Gasteiger partial charge on any atom is 0.189 e. The van der Waals surface area contributed by atoms with Gasteiger partial charge in [0.25, 0.3) is 0 Å². The Hall–Kier alpha value is -1.57. The zero-order chi connectivity index (χ0) is 12.5. The number of carbonyl (C=O) groups is 1. The van der Waals surface area contributed by atoms with Crippen LogP contribution >= 0.6 is 0 Å². The van der Waals surface area contributed by atoms with Crippen LogP contribution in [0.15, 0.2) is 36.4 Å². The van der Waals surface area contributed by atoms with Crippen LogP contribution in [0.5, 0.6) is 5.75 Å². The lowest BCUT2D eigenvalue weighted by molar-refractivity contribution is 0.104. The lowest BCUT2D eigenvalue weighted by Crippen LogP contribution is -1.94. The van der Waals surface area contributed by atoms with Crippen molar-refractivity contribution in [2.75, 3.05) is 0 Å². The number of para-hydroxylation sites is 1. The molecule has 1 rings (SSSR count). The third-order valence-electron chi connectivity index (χ3n) is 2.66. The van der Waals surface area contributed by atoms with Crippen LogP contribution in [0.4, 0.5) is 0 Å². The van der Waals surface area contributed by atoms with Gasteiger partial charge in [0.1, 0.15) is 5.75 Å². The molecule has 0 bridgehead atoms. The second-order valence-corrected chi connectivity index (χ2v) is 4.13. The van der Waals surface area contributed by atoms with E-state index >= 15 is 0 Å². The minimum Gasteiger partial charge on any atom is -0.507 e. The van der Waals surface area contributed by atoms with Gasteiger partial charge in [-0.05, 0) is 31.1 Å². The molecule has 0 saturated heterocycles. The molecule has 0 aliphatic rings. The van der Waals surface area contributed by atoms with E-state index in [0.717, 1.165) is 12.8 Å². The van der Waals surface area contributed by atoms with Crippen LogP contribution in [-0.2, 0) is 0 Å². The topological polar surface area (TPSA) is 37.3 Å². The first-order chi connectivity index (χ1) is 8.25. The number of hydrogen-bond acceptors (Lipinski definition) is 2. The first-order valence-corrected chi connectivity index (χ1v) is 6.24. The molecule has 0 aromatic heterocycles.